The van der Waals surface area contributed by atoms with E-state index in [4.69, 9.17) is 5.73 Å². The van der Waals surface area contributed by atoms with Gasteiger partial charge in [-0.25, -0.2) is 8.78 Å². The Bertz CT molecular complexity index is 1080. The van der Waals surface area contributed by atoms with Gasteiger partial charge in [0.15, 0.2) is 0 Å². The molecule has 0 bridgehead atoms. The largest absolute Gasteiger partial charge is 0.507 e. The second kappa shape index (κ2) is 8.95. The molecule has 0 heterocycles. The molecule has 0 aliphatic heterocycles. The molecule has 0 unspecified atom stereocenters. The molecule has 31 heavy (non-hydrogen) atoms. The maximum atomic E-state index is 13.8. The van der Waals surface area contributed by atoms with E-state index < -0.39 is 23.8 Å². The van der Waals surface area contributed by atoms with Gasteiger partial charge in [-0.2, -0.15) is 0 Å². The van der Waals surface area contributed by atoms with Crippen molar-refractivity contribution in [2.75, 3.05) is 0 Å². The van der Waals surface area contributed by atoms with E-state index in [1.165, 1.54) is 35.2 Å². The van der Waals surface area contributed by atoms with Crippen molar-refractivity contribution < 1.29 is 23.5 Å². The van der Waals surface area contributed by atoms with E-state index in [1.807, 2.05) is 0 Å². The summed E-state index contributed by atoms with van der Waals surface area (Å²) in [6, 6.07) is 18.8. The number of amides is 2. The number of carbonyl (C=O) groups is 2. The zero-order chi connectivity index (χ0) is 22.6. The number of hydrogen-bond donors (Lipinski definition) is 2. The Labute approximate surface area is 178 Å². The summed E-state index contributed by atoms with van der Waals surface area (Å²) in [6.07, 6.45) is 0. The predicted molar refractivity (Wildman–Crippen MR) is 112 cm³/mol. The molecule has 0 aromatic heterocycles. The number of alkyl halides is 2. The fourth-order valence-corrected chi connectivity index (χ4v) is 3.36. The molecule has 3 aromatic carbocycles. The van der Waals surface area contributed by atoms with E-state index in [0.717, 1.165) is 6.92 Å². The Morgan fingerprint density at radius 1 is 1.00 bits per heavy atom. The molecular formula is C24H22F2N2O3. The summed E-state index contributed by atoms with van der Waals surface area (Å²) in [4.78, 5) is 27.0. The quantitative estimate of drug-likeness (QED) is 0.591. The number of nitrogens with zero attached hydrogens (tertiary/aromatic N) is 1. The molecule has 0 fully saturated rings. The lowest BCUT2D eigenvalue weighted by Gasteiger charge is -2.31. The van der Waals surface area contributed by atoms with Crippen molar-refractivity contribution in [3.63, 3.8) is 0 Å². The van der Waals surface area contributed by atoms with E-state index in [1.54, 1.807) is 48.5 Å². The molecule has 0 saturated carbocycles. The van der Waals surface area contributed by atoms with Crippen LogP contribution in [0.15, 0.2) is 78.9 Å². The molecular weight excluding hydrogens is 402 g/mol. The Morgan fingerprint density at radius 2 is 1.65 bits per heavy atom. The fraction of sp³-hybridized carbons (Fsp3) is 0.167. The van der Waals surface area contributed by atoms with Crippen LogP contribution in [0.1, 0.15) is 40.0 Å². The third-order valence-electron chi connectivity index (χ3n) is 4.88. The van der Waals surface area contributed by atoms with Crippen molar-refractivity contribution in [1.82, 2.24) is 4.90 Å². The Hall–Kier alpha value is -3.74. The first-order valence-corrected chi connectivity index (χ1v) is 9.59. The normalized spacial score (nSPS) is 12.2. The highest BCUT2D eigenvalue weighted by Crippen LogP contribution is 2.30. The van der Waals surface area contributed by atoms with E-state index in [2.05, 4.69) is 0 Å². The third kappa shape index (κ3) is 5.06. The van der Waals surface area contributed by atoms with Crippen molar-refractivity contribution in [3.8, 4) is 5.75 Å². The van der Waals surface area contributed by atoms with Gasteiger partial charge in [-0.1, -0.05) is 60.7 Å². The topological polar surface area (TPSA) is 83.6 Å². The van der Waals surface area contributed by atoms with Crippen molar-refractivity contribution >= 4 is 11.8 Å². The number of primary amides is 1. The second-order valence-electron chi connectivity index (χ2n) is 7.25. The number of para-hydroxylation sites is 1. The van der Waals surface area contributed by atoms with Gasteiger partial charge in [0, 0.05) is 19.0 Å². The summed E-state index contributed by atoms with van der Waals surface area (Å²) < 4.78 is 27.6. The van der Waals surface area contributed by atoms with Crippen LogP contribution in [0.25, 0.3) is 0 Å². The average molecular weight is 424 g/mol. The van der Waals surface area contributed by atoms with Crippen LogP contribution >= 0.6 is 0 Å². The minimum Gasteiger partial charge on any atom is -0.507 e. The lowest BCUT2D eigenvalue weighted by Crippen LogP contribution is -2.41. The van der Waals surface area contributed by atoms with Crippen LogP contribution < -0.4 is 5.73 Å². The summed E-state index contributed by atoms with van der Waals surface area (Å²) in [6.45, 7) is 0.618. The molecule has 2 amide bonds. The van der Waals surface area contributed by atoms with Crippen LogP contribution in [0.2, 0.25) is 0 Å². The molecule has 0 saturated heterocycles. The molecule has 0 aliphatic rings. The first-order valence-electron chi connectivity index (χ1n) is 9.59. The Kier molecular flexibility index (Phi) is 6.34. The van der Waals surface area contributed by atoms with Gasteiger partial charge in [-0.3, -0.25) is 9.59 Å². The number of hydrogen-bond acceptors (Lipinski definition) is 3. The van der Waals surface area contributed by atoms with Crippen LogP contribution in [-0.2, 0) is 17.3 Å². The number of carbonyl (C=O) groups excluding carboxylic acids is 2. The molecule has 0 spiro atoms. The molecule has 5 nitrogen and oxygen atoms in total. The van der Waals surface area contributed by atoms with E-state index in [9.17, 15) is 23.5 Å². The maximum absolute atomic E-state index is 13.8. The fourth-order valence-electron chi connectivity index (χ4n) is 3.36. The van der Waals surface area contributed by atoms with Crippen LogP contribution in [0.5, 0.6) is 5.75 Å². The summed E-state index contributed by atoms with van der Waals surface area (Å²) >= 11 is 0. The first-order chi connectivity index (χ1) is 14.7. The monoisotopic (exact) mass is 424 g/mol. The lowest BCUT2D eigenvalue weighted by molar-refractivity contribution is -0.122. The van der Waals surface area contributed by atoms with Gasteiger partial charge in [0.1, 0.15) is 11.8 Å². The molecule has 3 aromatic rings. The third-order valence-corrected chi connectivity index (χ3v) is 4.88. The average Bonchev–Trinajstić information content (AvgIpc) is 2.73. The molecule has 3 rings (SSSR count). The summed E-state index contributed by atoms with van der Waals surface area (Å²) in [7, 11) is 0. The van der Waals surface area contributed by atoms with Crippen LogP contribution in [0.3, 0.4) is 0 Å². The minimum absolute atomic E-state index is 0.0262. The van der Waals surface area contributed by atoms with E-state index in [0.29, 0.717) is 11.1 Å². The number of phenolic OH excluding ortho intramolecular Hbond substituents is 1. The van der Waals surface area contributed by atoms with Gasteiger partial charge in [0.05, 0.1) is 5.56 Å². The SMILES string of the molecule is CC(F)(F)c1cccc(CN(C(=O)c2ccccc2O)[C@@H](C(N)=O)c2ccccc2)c1. The highest BCUT2D eigenvalue weighted by atomic mass is 19.3. The predicted octanol–water partition coefficient (Wildman–Crippen LogP) is 4.37. The summed E-state index contributed by atoms with van der Waals surface area (Å²) in [5.74, 6) is -4.76. The molecule has 7 heteroatoms. The summed E-state index contributed by atoms with van der Waals surface area (Å²) in [5.41, 5.74) is 6.28. The highest BCUT2D eigenvalue weighted by molar-refractivity contribution is 5.99. The maximum Gasteiger partial charge on any atom is 0.270 e. The molecule has 0 radical (unpaired) electrons. The summed E-state index contributed by atoms with van der Waals surface area (Å²) in [5, 5.41) is 10.2. The Balaban J connectivity index is 2.09. The number of halogens is 2. The minimum atomic E-state index is -3.06. The van der Waals surface area contributed by atoms with Gasteiger partial charge in [-0.05, 0) is 29.3 Å². The van der Waals surface area contributed by atoms with Crippen LogP contribution in [-0.4, -0.2) is 21.8 Å². The van der Waals surface area contributed by atoms with Gasteiger partial charge in [-0.15, -0.1) is 0 Å². The standard InChI is InChI=1S/C24H22F2N2O3/c1-24(25,26)18-11-7-8-16(14-18)15-28(23(31)19-12-5-6-13-20(19)29)21(22(27)30)17-9-3-2-4-10-17/h2-14,21,29H,15H2,1H3,(H2,27,30)/t21-/m1/s1. The van der Waals surface area contributed by atoms with Crippen molar-refractivity contribution in [2.24, 2.45) is 5.73 Å². The number of rotatable bonds is 7. The number of benzene rings is 3. The van der Waals surface area contributed by atoms with Gasteiger partial charge >= 0.3 is 0 Å². The number of phenols is 1. The van der Waals surface area contributed by atoms with Crippen LogP contribution in [0, 0.1) is 0 Å². The smallest absolute Gasteiger partial charge is 0.270 e. The number of aromatic hydroxyl groups is 1. The van der Waals surface area contributed by atoms with Crippen molar-refractivity contribution in [1.29, 1.82) is 0 Å². The molecule has 3 N–H and O–H groups in total. The zero-order valence-electron chi connectivity index (χ0n) is 16.8. The Morgan fingerprint density at radius 3 is 2.26 bits per heavy atom. The first kappa shape index (κ1) is 22.0. The van der Waals surface area contributed by atoms with Crippen molar-refractivity contribution in [2.45, 2.75) is 25.4 Å². The van der Waals surface area contributed by atoms with Crippen LogP contribution in [0.4, 0.5) is 8.78 Å². The van der Waals surface area contributed by atoms with E-state index >= 15 is 0 Å². The molecule has 160 valence electrons. The van der Waals surface area contributed by atoms with Gasteiger partial charge in [0.2, 0.25) is 5.91 Å². The molecule has 0 aliphatic carbocycles. The number of nitrogens with two attached hydrogens (primary N) is 1. The zero-order valence-corrected chi connectivity index (χ0v) is 16.8. The highest BCUT2D eigenvalue weighted by Gasteiger charge is 2.32. The van der Waals surface area contributed by atoms with Gasteiger partial charge < -0.3 is 15.7 Å². The lowest BCUT2D eigenvalue weighted by atomic mass is 10.0. The van der Waals surface area contributed by atoms with Crippen molar-refractivity contribution in [3.05, 3.63) is 101 Å². The van der Waals surface area contributed by atoms with Gasteiger partial charge in [0.25, 0.3) is 11.8 Å². The van der Waals surface area contributed by atoms with E-state index in [-0.39, 0.29) is 23.4 Å². The second-order valence-corrected chi connectivity index (χ2v) is 7.25. The molecule has 1 atom stereocenters.